The number of thiol groups is 1. The highest BCUT2D eigenvalue weighted by atomic mass is 32.1. The molecule has 0 aliphatic rings. The van der Waals surface area contributed by atoms with Crippen LogP contribution >= 0.6 is 12.6 Å². The molecular formula is C9H8FNS. The molecule has 3 heteroatoms. The summed E-state index contributed by atoms with van der Waals surface area (Å²) in [6.45, 7) is 0. The molecule has 0 aliphatic heterocycles. The topological polar surface area (TPSA) is 15.8 Å². The van der Waals surface area contributed by atoms with Crippen molar-refractivity contribution >= 4 is 23.5 Å². The van der Waals surface area contributed by atoms with E-state index in [1.54, 1.807) is 6.07 Å². The number of benzene rings is 1. The fourth-order valence-electron chi connectivity index (χ4n) is 1.28. The van der Waals surface area contributed by atoms with E-state index in [-0.39, 0.29) is 5.82 Å². The average molecular weight is 181 g/mol. The SMILES string of the molecule is Fc1ccc2[nH]cc(CS)c2c1. The predicted molar refractivity (Wildman–Crippen MR) is 50.9 cm³/mol. The highest BCUT2D eigenvalue weighted by Crippen LogP contribution is 2.20. The van der Waals surface area contributed by atoms with Crippen molar-refractivity contribution < 1.29 is 4.39 Å². The van der Waals surface area contributed by atoms with Gasteiger partial charge in [0.1, 0.15) is 5.82 Å². The van der Waals surface area contributed by atoms with Crippen molar-refractivity contribution in [3.05, 3.63) is 35.8 Å². The average Bonchev–Trinajstić information content (AvgIpc) is 2.46. The number of fused-ring (bicyclic) bond motifs is 1. The van der Waals surface area contributed by atoms with Crippen molar-refractivity contribution in [1.82, 2.24) is 4.98 Å². The van der Waals surface area contributed by atoms with Crippen LogP contribution in [0.4, 0.5) is 4.39 Å². The second kappa shape index (κ2) is 2.83. The van der Waals surface area contributed by atoms with Crippen molar-refractivity contribution in [1.29, 1.82) is 0 Å². The second-order valence-electron chi connectivity index (χ2n) is 2.66. The van der Waals surface area contributed by atoms with Crippen LogP contribution in [0, 0.1) is 5.82 Å². The molecule has 2 rings (SSSR count). The molecule has 12 heavy (non-hydrogen) atoms. The Balaban J connectivity index is 2.75. The number of rotatable bonds is 1. The Morgan fingerprint density at radius 3 is 3.00 bits per heavy atom. The van der Waals surface area contributed by atoms with Crippen molar-refractivity contribution in [2.45, 2.75) is 5.75 Å². The summed E-state index contributed by atoms with van der Waals surface area (Å²) in [4.78, 5) is 3.05. The molecule has 0 aliphatic carbocycles. The van der Waals surface area contributed by atoms with E-state index in [1.807, 2.05) is 6.20 Å². The standard InChI is InChI=1S/C9H8FNS/c10-7-1-2-9-8(3-7)6(5-12)4-11-9/h1-4,11-12H,5H2. The molecule has 0 spiro atoms. The summed E-state index contributed by atoms with van der Waals surface area (Å²) in [5.74, 6) is 0.425. The molecule has 1 nitrogen and oxygen atoms in total. The van der Waals surface area contributed by atoms with Gasteiger partial charge in [-0.05, 0) is 23.8 Å². The third-order valence-electron chi connectivity index (χ3n) is 1.90. The quantitative estimate of drug-likeness (QED) is 0.629. The van der Waals surface area contributed by atoms with E-state index in [2.05, 4.69) is 17.6 Å². The van der Waals surface area contributed by atoms with Gasteiger partial charge in [0.15, 0.2) is 0 Å². The van der Waals surface area contributed by atoms with Crippen LogP contribution in [0.2, 0.25) is 0 Å². The fourth-order valence-corrected chi connectivity index (χ4v) is 1.54. The van der Waals surface area contributed by atoms with Crippen LogP contribution in [-0.2, 0) is 5.75 Å². The molecule has 0 unspecified atom stereocenters. The van der Waals surface area contributed by atoms with Gasteiger partial charge in [0, 0.05) is 22.9 Å². The molecule has 0 saturated carbocycles. The van der Waals surface area contributed by atoms with Crippen LogP contribution in [0.5, 0.6) is 0 Å². The molecule has 1 aromatic heterocycles. The number of hydrogen-bond donors (Lipinski definition) is 2. The van der Waals surface area contributed by atoms with E-state index < -0.39 is 0 Å². The van der Waals surface area contributed by atoms with Crippen LogP contribution in [0.3, 0.4) is 0 Å². The summed E-state index contributed by atoms with van der Waals surface area (Å²) < 4.78 is 12.8. The van der Waals surface area contributed by atoms with Crippen LogP contribution in [0.1, 0.15) is 5.56 Å². The molecule has 0 radical (unpaired) electrons. The predicted octanol–water partition coefficient (Wildman–Crippen LogP) is 2.74. The Morgan fingerprint density at radius 1 is 1.42 bits per heavy atom. The number of aromatic nitrogens is 1. The maximum atomic E-state index is 12.8. The molecule has 0 amide bonds. The molecular weight excluding hydrogens is 173 g/mol. The lowest BCUT2D eigenvalue weighted by atomic mass is 10.2. The smallest absolute Gasteiger partial charge is 0.123 e. The first-order valence-corrected chi connectivity index (χ1v) is 4.31. The molecule has 0 bridgehead atoms. The number of H-pyrrole nitrogens is 1. The molecule has 1 N–H and O–H groups in total. The van der Waals surface area contributed by atoms with Gasteiger partial charge in [-0.25, -0.2) is 4.39 Å². The van der Waals surface area contributed by atoms with Crippen molar-refractivity contribution in [3.63, 3.8) is 0 Å². The van der Waals surface area contributed by atoms with Gasteiger partial charge in [0.25, 0.3) is 0 Å². The van der Waals surface area contributed by atoms with E-state index in [0.717, 1.165) is 16.5 Å². The fraction of sp³-hybridized carbons (Fsp3) is 0.111. The Labute approximate surface area is 75.0 Å². The largest absolute Gasteiger partial charge is 0.361 e. The van der Waals surface area contributed by atoms with E-state index in [0.29, 0.717) is 5.75 Å². The summed E-state index contributed by atoms with van der Waals surface area (Å²) in [6, 6.07) is 4.70. The van der Waals surface area contributed by atoms with Gasteiger partial charge < -0.3 is 4.98 Å². The number of nitrogens with one attached hydrogen (secondary N) is 1. The Kier molecular flexibility index (Phi) is 1.81. The van der Waals surface area contributed by atoms with Gasteiger partial charge in [-0.15, -0.1) is 0 Å². The molecule has 1 heterocycles. The monoisotopic (exact) mass is 181 g/mol. The van der Waals surface area contributed by atoms with Gasteiger partial charge in [0.2, 0.25) is 0 Å². The molecule has 1 aromatic carbocycles. The highest BCUT2D eigenvalue weighted by Gasteiger charge is 2.01. The number of hydrogen-bond acceptors (Lipinski definition) is 1. The maximum Gasteiger partial charge on any atom is 0.123 e. The normalized spacial score (nSPS) is 10.8. The zero-order valence-electron chi connectivity index (χ0n) is 6.34. The van der Waals surface area contributed by atoms with Crippen LogP contribution in [-0.4, -0.2) is 4.98 Å². The van der Waals surface area contributed by atoms with Crippen LogP contribution in [0.15, 0.2) is 24.4 Å². The lowest BCUT2D eigenvalue weighted by Crippen LogP contribution is -1.75. The molecule has 2 aromatic rings. The molecule has 0 atom stereocenters. The van der Waals surface area contributed by atoms with Crippen molar-refractivity contribution in [2.75, 3.05) is 0 Å². The third-order valence-corrected chi connectivity index (χ3v) is 2.24. The highest BCUT2D eigenvalue weighted by molar-refractivity contribution is 7.79. The maximum absolute atomic E-state index is 12.8. The van der Waals surface area contributed by atoms with Gasteiger partial charge in [0.05, 0.1) is 0 Å². The van der Waals surface area contributed by atoms with E-state index in [4.69, 9.17) is 0 Å². The zero-order valence-corrected chi connectivity index (χ0v) is 7.24. The molecule has 0 saturated heterocycles. The van der Waals surface area contributed by atoms with Gasteiger partial charge in [-0.3, -0.25) is 0 Å². The van der Waals surface area contributed by atoms with Crippen molar-refractivity contribution in [2.24, 2.45) is 0 Å². The van der Waals surface area contributed by atoms with Crippen molar-refractivity contribution in [3.8, 4) is 0 Å². The van der Waals surface area contributed by atoms with Gasteiger partial charge >= 0.3 is 0 Å². The summed E-state index contributed by atoms with van der Waals surface area (Å²) in [5, 5.41) is 0.921. The van der Waals surface area contributed by atoms with Gasteiger partial charge in [-0.1, -0.05) is 0 Å². The van der Waals surface area contributed by atoms with Crippen LogP contribution < -0.4 is 0 Å². The second-order valence-corrected chi connectivity index (χ2v) is 2.98. The first-order valence-electron chi connectivity index (χ1n) is 3.67. The number of halogens is 1. The van der Waals surface area contributed by atoms with E-state index >= 15 is 0 Å². The minimum atomic E-state index is -0.204. The van der Waals surface area contributed by atoms with E-state index in [1.165, 1.54) is 12.1 Å². The first-order chi connectivity index (χ1) is 5.81. The summed E-state index contributed by atoms with van der Waals surface area (Å²) in [7, 11) is 0. The minimum absolute atomic E-state index is 0.204. The molecule has 62 valence electrons. The van der Waals surface area contributed by atoms with Gasteiger partial charge in [-0.2, -0.15) is 12.6 Å². The molecule has 0 fully saturated rings. The first kappa shape index (κ1) is 7.68. The summed E-state index contributed by atoms with van der Waals surface area (Å²) in [5.41, 5.74) is 1.99. The zero-order chi connectivity index (χ0) is 8.55. The third kappa shape index (κ3) is 1.10. The Morgan fingerprint density at radius 2 is 2.25 bits per heavy atom. The van der Waals surface area contributed by atoms with Crippen LogP contribution in [0.25, 0.3) is 10.9 Å². The lowest BCUT2D eigenvalue weighted by molar-refractivity contribution is 0.629. The Bertz CT molecular complexity index is 408. The number of aromatic amines is 1. The Hall–Kier alpha value is -0.960. The minimum Gasteiger partial charge on any atom is -0.361 e. The van der Waals surface area contributed by atoms with E-state index in [9.17, 15) is 4.39 Å². The lowest BCUT2D eigenvalue weighted by Gasteiger charge is -1.92. The summed E-state index contributed by atoms with van der Waals surface area (Å²) in [6.07, 6.45) is 1.86. The summed E-state index contributed by atoms with van der Waals surface area (Å²) >= 11 is 4.14.